The summed E-state index contributed by atoms with van der Waals surface area (Å²) in [4.78, 5) is 0. The quantitative estimate of drug-likeness (QED) is 0.869. The van der Waals surface area contributed by atoms with Crippen LogP contribution < -0.4 is 10.1 Å². The minimum Gasteiger partial charge on any atom is -0.508 e. The Morgan fingerprint density at radius 1 is 1.39 bits per heavy atom. The van der Waals surface area contributed by atoms with Crippen LogP contribution >= 0.6 is 11.3 Å². The number of ether oxygens (including phenoxy) is 1. The van der Waals surface area contributed by atoms with Gasteiger partial charge in [-0.2, -0.15) is 11.3 Å². The van der Waals surface area contributed by atoms with Crippen molar-refractivity contribution in [3.8, 4) is 11.5 Å². The maximum absolute atomic E-state index is 9.86. The first-order valence-corrected chi connectivity index (χ1v) is 6.76. The summed E-state index contributed by atoms with van der Waals surface area (Å²) in [7, 11) is 1.62. The molecule has 1 atom stereocenters. The van der Waals surface area contributed by atoms with Gasteiger partial charge in [-0.15, -0.1) is 0 Å². The Morgan fingerprint density at radius 3 is 2.89 bits per heavy atom. The lowest BCUT2D eigenvalue weighted by atomic mass is 10.1. The summed E-state index contributed by atoms with van der Waals surface area (Å²) in [6, 6.07) is 7.44. The molecular formula is C14H17NO2S. The van der Waals surface area contributed by atoms with E-state index in [2.05, 4.69) is 22.1 Å². The molecule has 0 amide bonds. The van der Waals surface area contributed by atoms with E-state index in [0.717, 1.165) is 17.9 Å². The number of hydrogen-bond acceptors (Lipinski definition) is 4. The lowest BCUT2D eigenvalue weighted by Gasteiger charge is -2.16. The van der Waals surface area contributed by atoms with Crippen LogP contribution in [0.1, 0.15) is 24.1 Å². The van der Waals surface area contributed by atoms with E-state index in [4.69, 9.17) is 4.74 Å². The number of methoxy groups -OCH3 is 1. The van der Waals surface area contributed by atoms with Gasteiger partial charge >= 0.3 is 0 Å². The van der Waals surface area contributed by atoms with Crippen LogP contribution in [0.2, 0.25) is 0 Å². The van der Waals surface area contributed by atoms with Crippen LogP contribution in [0.15, 0.2) is 35.0 Å². The summed E-state index contributed by atoms with van der Waals surface area (Å²) in [6.07, 6.45) is 0. The molecule has 0 aliphatic carbocycles. The van der Waals surface area contributed by atoms with E-state index in [1.165, 1.54) is 5.56 Å². The maximum atomic E-state index is 9.86. The Kier molecular flexibility index (Phi) is 4.23. The first-order chi connectivity index (χ1) is 8.70. The summed E-state index contributed by atoms with van der Waals surface area (Å²) in [5, 5.41) is 17.4. The molecule has 1 unspecified atom stereocenters. The van der Waals surface area contributed by atoms with Gasteiger partial charge in [-0.1, -0.05) is 0 Å². The van der Waals surface area contributed by atoms with E-state index in [-0.39, 0.29) is 6.04 Å². The fraction of sp³-hybridized carbons (Fsp3) is 0.286. The molecule has 0 saturated heterocycles. The molecule has 1 aromatic carbocycles. The van der Waals surface area contributed by atoms with Crippen molar-refractivity contribution in [1.29, 1.82) is 0 Å². The van der Waals surface area contributed by atoms with Gasteiger partial charge in [0.25, 0.3) is 0 Å². The number of hydrogen-bond donors (Lipinski definition) is 2. The van der Waals surface area contributed by atoms with Gasteiger partial charge in [-0.3, -0.25) is 0 Å². The molecule has 0 aliphatic heterocycles. The molecule has 2 N–H and O–H groups in total. The Morgan fingerprint density at radius 2 is 2.22 bits per heavy atom. The Balaban J connectivity index is 2.05. The highest BCUT2D eigenvalue weighted by Gasteiger charge is 2.11. The molecule has 1 heterocycles. The fourth-order valence-corrected chi connectivity index (χ4v) is 2.45. The van der Waals surface area contributed by atoms with Gasteiger partial charge < -0.3 is 15.2 Å². The maximum Gasteiger partial charge on any atom is 0.120 e. The topological polar surface area (TPSA) is 41.5 Å². The van der Waals surface area contributed by atoms with Crippen molar-refractivity contribution in [2.45, 2.75) is 19.5 Å². The highest BCUT2D eigenvalue weighted by Crippen LogP contribution is 2.28. The molecule has 2 rings (SSSR count). The molecule has 1 aromatic heterocycles. The second-order valence-corrected chi connectivity index (χ2v) is 4.94. The highest BCUT2D eigenvalue weighted by molar-refractivity contribution is 7.07. The van der Waals surface area contributed by atoms with E-state index in [9.17, 15) is 5.11 Å². The monoisotopic (exact) mass is 263 g/mol. The molecule has 2 aromatic rings. The second kappa shape index (κ2) is 5.89. The molecule has 96 valence electrons. The second-order valence-electron chi connectivity index (χ2n) is 4.16. The van der Waals surface area contributed by atoms with Crippen LogP contribution in [0.25, 0.3) is 0 Å². The van der Waals surface area contributed by atoms with Crippen molar-refractivity contribution in [2.24, 2.45) is 0 Å². The molecule has 0 radical (unpaired) electrons. The molecule has 4 heteroatoms. The van der Waals surface area contributed by atoms with Crippen LogP contribution in [-0.4, -0.2) is 12.2 Å². The van der Waals surface area contributed by atoms with Crippen molar-refractivity contribution in [3.05, 3.63) is 46.2 Å². The summed E-state index contributed by atoms with van der Waals surface area (Å²) in [6.45, 7) is 2.82. The third-order valence-corrected chi connectivity index (χ3v) is 3.63. The van der Waals surface area contributed by atoms with Crippen LogP contribution in [0.4, 0.5) is 0 Å². The van der Waals surface area contributed by atoms with E-state index in [1.54, 1.807) is 30.6 Å². The number of phenolic OH excluding ortho intramolecular Hbond substituents is 1. The first kappa shape index (κ1) is 12.9. The zero-order valence-electron chi connectivity index (χ0n) is 10.5. The summed E-state index contributed by atoms with van der Waals surface area (Å²) >= 11 is 1.69. The minimum absolute atomic E-state index is 0.0694. The van der Waals surface area contributed by atoms with Crippen LogP contribution in [0, 0.1) is 0 Å². The SMILES string of the molecule is COc1ccc(O)c(C(C)NCc2ccsc2)c1. The zero-order chi connectivity index (χ0) is 13.0. The van der Waals surface area contributed by atoms with Gasteiger partial charge in [0.1, 0.15) is 11.5 Å². The van der Waals surface area contributed by atoms with Crippen molar-refractivity contribution in [1.82, 2.24) is 5.32 Å². The molecule has 0 saturated carbocycles. The van der Waals surface area contributed by atoms with Gasteiger partial charge in [0.2, 0.25) is 0 Å². The van der Waals surface area contributed by atoms with E-state index in [0.29, 0.717) is 5.75 Å². The highest BCUT2D eigenvalue weighted by atomic mass is 32.1. The van der Waals surface area contributed by atoms with Gasteiger partial charge in [-0.05, 0) is 47.5 Å². The average molecular weight is 263 g/mol. The minimum atomic E-state index is 0.0694. The van der Waals surface area contributed by atoms with Crippen molar-refractivity contribution in [3.63, 3.8) is 0 Å². The Labute approximate surface area is 111 Å². The number of benzene rings is 1. The summed E-state index contributed by atoms with van der Waals surface area (Å²) in [5.41, 5.74) is 2.11. The number of nitrogens with one attached hydrogen (secondary N) is 1. The van der Waals surface area contributed by atoms with Gasteiger partial charge in [0.05, 0.1) is 7.11 Å². The van der Waals surface area contributed by atoms with Crippen LogP contribution in [-0.2, 0) is 6.54 Å². The lowest BCUT2D eigenvalue weighted by molar-refractivity contribution is 0.407. The number of thiophene rings is 1. The molecule has 0 bridgehead atoms. The van der Waals surface area contributed by atoms with E-state index >= 15 is 0 Å². The van der Waals surface area contributed by atoms with Gasteiger partial charge in [0.15, 0.2) is 0 Å². The normalized spacial score (nSPS) is 12.3. The summed E-state index contributed by atoms with van der Waals surface area (Å²) < 4.78 is 5.17. The third kappa shape index (κ3) is 3.03. The largest absolute Gasteiger partial charge is 0.508 e. The standard InChI is InChI=1S/C14H17NO2S/c1-10(15-8-11-5-6-18-9-11)13-7-12(17-2)3-4-14(13)16/h3-7,9-10,15-16H,8H2,1-2H3. The Hall–Kier alpha value is -1.52. The fourth-order valence-electron chi connectivity index (χ4n) is 1.78. The number of aromatic hydroxyl groups is 1. The molecule has 0 spiro atoms. The lowest BCUT2D eigenvalue weighted by Crippen LogP contribution is -2.17. The molecule has 18 heavy (non-hydrogen) atoms. The number of phenols is 1. The van der Waals surface area contributed by atoms with Crippen LogP contribution in [0.3, 0.4) is 0 Å². The Bertz CT molecular complexity index is 497. The molecule has 0 aliphatic rings. The predicted molar refractivity (Wildman–Crippen MR) is 74.2 cm³/mol. The molecular weight excluding hydrogens is 246 g/mol. The van der Waals surface area contributed by atoms with E-state index < -0.39 is 0 Å². The average Bonchev–Trinajstić information content (AvgIpc) is 2.89. The number of rotatable bonds is 5. The van der Waals surface area contributed by atoms with Gasteiger partial charge in [-0.25, -0.2) is 0 Å². The van der Waals surface area contributed by atoms with E-state index in [1.807, 2.05) is 13.0 Å². The molecule has 0 fully saturated rings. The smallest absolute Gasteiger partial charge is 0.120 e. The van der Waals surface area contributed by atoms with Crippen molar-refractivity contribution in [2.75, 3.05) is 7.11 Å². The zero-order valence-corrected chi connectivity index (χ0v) is 11.3. The van der Waals surface area contributed by atoms with Crippen molar-refractivity contribution >= 4 is 11.3 Å². The molecule has 3 nitrogen and oxygen atoms in total. The van der Waals surface area contributed by atoms with Gasteiger partial charge in [0, 0.05) is 18.2 Å². The predicted octanol–water partition coefficient (Wildman–Crippen LogP) is 3.31. The van der Waals surface area contributed by atoms with Crippen molar-refractivity contribution < 1.29 is 9.84 Å². The van der Waals surface area contributed by atoms with Crippen LogP contribution in [0.5, 0.6) is 11.5 Å². The summed E-state index contributed by atoms with van der Waals surface area (Å²) in [5.74, 6) is 1.05. The first-order valence-electron chi connectivity index (χ1n) is 5.82. The third-order valence-electron chi connectivity index (χ3n) is 2.89.